The molecule has 3 N–H and O–H groups in total. The van der Waals surface area contributed by atoms with Crippen molar-refractivity contribution < 1.29 is 32.6 Å². The number of ether oxygens (including phenoxy) is 1. The molecule has 0 spiro atoms. The van der Waals surface area contributed by atoms with Crippen LogP contribution in [0.1, 0.15) is 35.2 Å². The Morgan fingerprint density at radius 3 is 2.58 bits per heavy atom. The second-order valence-corrected chi connectivity index (χ2v) is 9.50. The summed E-state index contributed by atoms with van der Waals surface area (Å²) in [6.07, 6.45) is 2.72. The molecule has 0 saturated carbocycles. The lowest BCUT2D eigenvalue weighted by molar-refractivity contribution is 0.0693. The van der Waals surface area contributed by atoms with Gasteiger partial charge in [0, 0.05) is 32.7 Å². The molecule has 2 aromatic rings. The van der Waals surface area contributed by atoms with Gasteiger partial charge in [0.05, 0.1) is 10.6 Å². The maximum atomic E-state index is 14.0. The highest BCUT2D eigenvalue weighted by Crippen LogP contribution is 2.32. The molecular weight excluding hydrogens is 523 g/mol. The zero-order chi connectivity index (χ0) is 26.2. The molecule has 36 heavy (non-hydrogen) atoms. The molecule has 1 aliphatic rings. The Hall–Kier alpha value is -2.61. The Morgan fingerprint density at radius 2 is 1.89 bits per heavy atom. The smallest absolute Gasteiger partial charge is 0.344 e. The minimum Gasteiger partial charge on any atom is -0.477 e. The molecule has 198 valence electrons. The number of anilines is 1. The number of hydrogen-bond acceptors (Lipinski definition) is 7. The first kappa shape index (κ1) is 28.0. The van der Waals surface area contributed by atoms with E-state index in [-0.39, 0.29) is 5.00 Å². The average Bonchev–Trinajstić information content (AvgIpc) is 3.23. The fraction of sp³-hybridized carbons (Fsp3) is 0.500. The van der Waals surface area contributed by atoms with Gasteiger partial charge in [0.15, 0.2) is 17.2 Å². The molecule has 1 aromatic heterocycles. The molecule has 3 rings (SSSR count). The summed E-state index contributed by atoms with van der Waals surface area (Å²) in [6, 6.07) is -0.0368. The zero-order valence-corrected chi connectivity index (χ0v) is 21.2. The number of hydrogen-bond donors (Lipinski definition) is 3. The van der Waals surface area contributed by atoms with Crippen LogP contribution in [0, 0.1) is 17.5 Å². The van der Waals surface area contributed by atoms with Crippen molar-refractivity contribution in [3.63, 3.8) is 0 Å². The van der Waals surface area contributed by atoms with E-state index >= 15 is 0 Å². The molecule has 9 nitrogen and oxygen atoms in total. The topological polar surface area (TPSA) is 107 Å². The quantitative estimate of drug-likeness (QED) is 0.221. The highest BCUT2D eigenvalue weighted by atomic mass is 35.5. The van der Waals surface area contributed by atoms with Crippen molar-refractivity contribution in [2.45, 2.75) is 25.9 Å². The first-order valence-corrected chi connectivity index (χ1v) is 12.5. The van der Waals surface area contributed by atoms with Gasteiger partial charge in [0.25, 0.3) is 0 Å². The van der Waals surface area contributed by atoms with Crippen molar-refractivity contribution in [3.8, 4) is 5.88 Å². The second-order valence-electron chi connectivity index (χ2n) is 8.32. The average molecular weight is 550 g/mol. The lowest BCUT2D eigenvalue weighted by atomic mass is 10.2. The first-order chi connectivity index (χ1) is 17.2. The van der Waals surface area contributed by atoms with Crippen LogP contribution in [0.5, 0.6) is 5.88 Å². The number of carbonyl (C=O) groups is 2. The number of nitrogens with zero attached hydrogens (tertiary/aromatic N) is 3. The first-order valence-electron chi connectivity index (χ1n) is 11.3. The highest BCUT2D eigenvalue weighted by molar-refractivity contribution is 7.11. The number of likely N-dealkylation sites (N-methyl/N-ethyl adjacent to an activating group) is 1. The molecule has 0 bridgehead atoms. The third-order valence-electron chi connectivity index (χ3n) is 5.70. The van der Waals surface area contributed by atoms with Gasteiger partial charge in [-0.3, -0.25) is 5.32 Å². The molecule has 1 aliphatic heterocycles. The van der Waals surface area contributed by atoms with E-state index in [1.165, 1.54) is 0 Å². The van der Waals surface area contributed by atoms with Crippen LogP contribution in [-0.4, -0.2) is 77.6 Å². The van der Waals surface area contributed by atoms with E-state index in [2.05, 4.69) is 31.9 Å². The van der Waals surface area contributed by atoms with E-state index < -0.39 is 58.1 Å². The number of halogens is 4. The van der Waals surface area contributed by atoms with E-state index in [1.807, 2.05) is 0 Å². The summed E-state index contributed by atoms with van der Waals surface area (Å²) >= 11 is 6.02. The fourth-order valence-electron chi connectivity index (χ4n) is 3.58. The third-order valence-corrected chi connectivity index (χ3v) is 6.72. The van der Waals surface area contributed by atoms with E-state index in [9.17, 15) is 27.9 Å². The number of carbonyl (C=O) groups excluding carboxylic acids is 1. The highest BCUT2D eigenvalue weighted by Gasteiger charge is 2.25. The van der Waals surface area contributed by atoms with Gasteiger partial charge in [-0.05, 0) is 44.0 Å². The number of carboxylic acid groups (broad SMARTS) is 1. The molecule has 0 atom stereocenters. The van der Waals surface area contributed by atoms with Crippen LogP contribution in [0.15, 0.2) is 6.07 Å². The minimum atomic E-state index is -1.55. The van der Waals surface area contributed by atoms with Gasteiger partial charge < -0.3 is 25.0 Å². The Labute approximate surface area is 215 Å². The van der Waals surface area contributed by atoms with Crippen molar-refractivity contribution >= 4 is 40.1 Å². The van der Waals surface area contributed by atoms with Crippen LogP contribution in [0.3, 0.4) is 0 Å². The standard InChI is InChI=1S/C22H27ClF3N5O4S/c1-30-7-9-31(10-8-30)6-4-2-3-5-27-22(34)28-20-16(21(32)33)19(29-36-20)35-12-13-15(24)11-14(23)18(26)17(13)25/h11H,2-10,12H2,1H3,(H,32,33)(H2,27,28,34). The minimum absolute atomic E-state index is 0.117. The summed E-state index contributed by atoms with van der Waals surface area (Å²) in [6.45, 7) is 4.83. The number of aromatic nitrogens is 1. The molecule has 14 heteroatoms. The Morgan fingerprint density at radius 1 is 1.17 bits per heavy atom. The fourth-order valence-corrected chi connectivity index (χ4v) is 4.48. The molecule has 0 unspecified atom stereocenters. The van der Waals surface area contributed by atoms with Crippen LogP contribution in [0.2, 0.25) is 5.02 Å². The number of nitrogens with one attached hydrogen (secondary N) is 2. The molecule has 2 amide bonds. The maximum absolute atomic E-state index is 14.0. The normalized spacial score (nSPS) is 14.6. The van der Waals surface area contributed by atoms with Gasteiger partial charge in [-0.1, -0.05) is 18.0 Å². The number of amides is 2. The van der Waals surface area contributed by atoms with Gasteiger partial charge >= 0.3 is 12.0 Å². The molecule has 1 saturated heterocycles. The second kappa shape index (κ2) is 13.1. The van der Waals surface area contributed by atoms with Crippen molar-refractivity contribution in [2.24, 2.45) is 0 Å². The van der Waals surface area contributed by atoms with Crippen molar-refractivity contribution in [3.05, 3.63) is 39.7 Å². The SMILES string of the molecule is CN1CCN(CCCCCNC(=O)Nc2snc(OCc3c(F)cc(Cl)c(F)c3F)c2C(=O)O)CC1. The van der Waals surface area contributed by atoms with Crippen LogP contribution >= 0.6 is 23.1 Å². The summed E-state index contributed by atoms with van der Waals surface area (Å²) in [5.74, 6) is -6.10. The number of carboxylic acids is 1. The summed E-state index contributed by atoms with van der Waals surface area (Å²) in [5, 5.41) is 13.7. The van der Waals surface area contributed by atoms with Gasteiger partial charge in [0.1, 0.15) is 17.4 Å². The molecular formula is C22H27ClF3N5O4S. The molecule has 2 heterocycles. The number of benzene rings is 1. The van der Waals surface area contributed by atoms with Gasteiger partial charge in [-0.15, -0.1) is 0 Å². The lowest BCUT2D eigenvalue weighted by Gasteiger charge is -2.32. The van der Waals surface area contributed by atoms with Crippen molar-refractivity contribution in [2.75, 3.05) is 51.6 Å². The van der Waals surface area contributed by atoms with Crippen LogP contribution in [-0.2, 0) is 6.61 Å². The monoisotopic (exact) mass is 549 g/mol. The van der Waals surface area contributed by atoms with Gasteiger partial charge in [0.2, 0.25) is 5.88 Å². The van der Waals surface area contributed by atoms with Crippen LogP contribution < -0.4 is 15.4 Å². The maximum Gasteiger partial charge on any atom is 0.344 e. The molecule has 0 aliphatic carbocycles. The largest absolute Gasteiger partial charge is 0.477 e. The van der Waals surface area contributed by atoms with E-state index in [1.54, 1.807) is 0 Å². The number of rotatable bonds is 11. The Balaban J connectivity index is 1.46. The predicted molar refractivity (Wildman–Crippen MR) is 130 cm³/mol. The number of piperazine rings is 1. The lowest BCUT2D eigenvalue weighted by Crippen LogP contribution is -2.44. The van der Waals surface area contributed by atoms with Crippen molar-refractivity contribution in [1.82, 2.24) is 19.5 Å². The van der Waals surface area contributed by atoms with E-state index in [4.69, 9.17) is 16.3 Å². The van der Waals surface area contributed by atoms with Gasteiger partial charge in [-0.2, -0.15) is 4.37 Å². The molecule has 1 fully saturated rings. The van der Waals surface area contributed by atoms with Crippen LogP contribution in [0.25, 0.3) is 0 Å². The zero-order valence-electron chi connectivity index (χ0n) is 19.6. The summed E-state index contributed by atoms with van der Waals surface area (Å²) in [4.78, 5) is 28.6. The predicted octanol–water partition coefficient (Wildman–Crippen LogP) is 4.03. The summed E-state index contributed by atoms with van der Waals surface area (Å²) < 4.78 is 50.5. The summed E-state index contributed by atoms with van der Waals surface area (Å²) in [5.41, 5.74) is -1.27. The Kier molecular flexibility index (Phi) is 10.2. The summed E-state index contributed by atoms with van der Waals surface area (Å²) in [7, 11) is 2.11. The number of unbranched alkanes of at least 4 members (excludes halogenated alkanes) is 2. The molecule has 0 radical (unpaired) electrons. The van der Waals surface area contributed by atoms with Gasteiger partial charge in [-0.25, -0.2) is 22.8 Å². The number of urea groups is 1. The van der Waals surface area contributed by atoms with E-state index in [0.717, 1.165) is 52.0 Å². The number of aromatic carboxylic acids is 1. The van der Waals surface area contributed by atoms with Crippen LogP contribution in [0.4, 0.5) is 23.0 Å². The van der Waals surface area contributed by atoms with Crippen molar-refractivity contribution in [1.29, 1.82) is 0 Å². The third kappa shape index (κ3) is 7.45. The van der Waals surface area contributed by atoms with E-state index in [0.29, 0.717) is 24.1 Å². The molecule has 1 aromatic carbocycles. The Bertz CT molecular complexity index is 1080.